The third-order valence-electron chi connectivity index (χ3n) is 4.21. The third kappa shape index (κ3) is 4.59. The highest BCUT2D eigenvalue weighted by molar-refractivity contribution is 7.09. The molecule has 3 heteroatoms. The van der Waals surface area contributed by atoms with Crippen molar-refractivity contribution >= 4 is 11.3 Å². The smallest absolute Gasteiger partial charge is 0.0333 e. The second kappa shape index (κ2) is 7.41. The first-order valence-corrected chi connectivity index (χ1v) is 8.56. The van der Waals surface area contributed by atoms with Gasteiger partial charge >= 0.3 is 0 Å². The molecule has 108 valence electrons. The SMILES string of the molecule is CC(C)N(Cc1cccs1)C(C)CNC1CCCC1. The fourth-order valence-electron chi connectivity index (χ4n) is 3.01. The summed E-state index contributed by atoms with van der Waals surface area (Å²) in [5.74, 6) is 0. The van der Waals surface area contributed by atoms with Crippen LogP contribution in [0.25, 0.3) is 0 Å². The Balaban J connectivity index is 1.83. The van der Waals surface area contributed by atoms with Gasteiger partial charge in [0.1, 0.15) is 0 Å². The summed E-state index contributed by atoms with van der Waals surface area (Å²) in [5, 5.41) is 5.93. The molecule has 0 amide bonds. The van der Waals surface area contributed by atoms with Gasteiger partial charge < -0.3 is 5.32 Å². The lowest BCUT2D eigenvalue weighted by Gasteiger charge is -2.33. The van der Waals surface area contributed by atoms with E-state index in [4.69, 9.17) is 0 Å². The van der Waals surface area contributed by atoms with Gasteiger partial charge in [-0.3, -0.25) is 4.90 Å². The van der Waals surface area contributed by atoms with Gasteiger partial charge in [-0.25, -0.2) is 0 Å². The molecule has 1 aliphatic carbocycles. The Hall–Kier alpha value is -0.380. The van der Waals surface area contributed by atoms with E-state index in [1.807, 2.05) is 11.3 Å². The molecule has 1 fully saturated rings. The van der Waals surface area contributed by atoms with E-state index in [-0.39, 0.29) is 0 Å². The first-order chi connectivity index (χ1) is 9.16. The van der Waals surface area contributed by atoms with Gasteiger partial charge in [0, 0.05) is 36.1 Å². The van der Waals surface area contributed by atoms with E-state index in [1.165, 1.54) is 30.6 Å². The van der Waals surface area contributed by atoms with Gasteiger partial charge in [-0.15, -0.1) is 11.3 Å². The monoisotopic (exact) mass is 280 g/mol. The van der Waals surface area contributed by atoms with Crippen LogP contribution in [-0.2, 0) is 6.54 Å². The predicted molar refractivity (Wildman–Crippen MR) is 84.7 cm³/mol. The van der Waals surface area contributed by atoms with Crippen molar-refractivity contribution in [1.82, 2.24) is 10.2 Å². The standard InChI is InChI=1S/C16H28N2S/c1-13(2)18(12-16-9-6-10-19-16)14(3)11-17-15-7-4-5-8-15/h6,9-10,13-15,17H,4-5,7-8,11-12H2,1-3H3. The van der Waals surface area contributed by atoms with Gasteiger partial charge in [0.2, 0.25) is 0 Å². The maximum atomic E-state index is 3.76. The summed E-state index contributed by atoms with van der Waals surface area (Å²) in [6, 6.07) is 6.38. The highest BCUT2D eigenvalue weighted by Gasteiger charge is 2.20. The maximum Gasteiger partial charge on any atom is 0.0333 e. The molecule has 19 heavy (non-hydrogen) atoms. The van der Waals surface area contributed by atoms with Crippen molar-refractivity contribution in [2.24, 2.45) is 0 Å². The molecule has 0 saturated heterocycles. The van der Waals surface area contributed by atoms with Gasteiger partial charge in [-0.1, -0.05) is 18.9 Å². The Labute approximate surface area is 122 Å². The molecule has 0 spiro atoms. The normalized spacial score (nSPS) is 18.6. The van der Waals surface area contributed by atoms with Crippen LogP contribution in [0.4, 0.5) is 0 Å². The highest BCUT2D eigenvalue weighted by atomic mass is 32.1. The second-order valence-corrected chi connectivity index (χ2v) is 7.12. The Kier molecular flexibility index (Phi) is 5.86. The molecule has 1 saturated carbocycles. The van der Waals surface area contributed by atoms with Gasteiger partial charge in [0.25, 0.3) is 0 Å². The lowest BCUT2D eigenvalue weighted by atomic mass is 10.2. The molecular weight excluding hydrogens is 252 g/mol. The van der Waals surface area contributed by atoms with E-state index in [2.05, 4.69) is 48.5 Å². The van der Waals surface area contributed by atoms with E-state index < -0.39 is 0 Å². The molecular formula is C16H28N2S. The van der Waals surface area contributed by atoms with E-state index >= 15 is 0 Å². The van der Waals surface area contributed by atoms with Crippen molar-refractivity contribution in [2.75, 3.05) is 6.54 Å². The van der Waals surface area contributed by atoms with E-state index in [0.29, 0.717) is 12.1 Å². The predicted octanol–water partition coefficient (Wildman–Crippen LogP) is 3.88. The number of hydrogen-bond donors (Lipinski definition) is 1. The van der Waals surface area contributed by atoms with Crippen LogP contribution >= 0.6 is 11.3 Å². The molecule has 1 aromatic rings. The quantitative estimate of drug-likeness (QED) is 0.815. The van der Waals surface area contributed by atoms with Crippen LogP contribution in [0.5, 0.6) is 0 Å². The van der Waals surface area contributed by atoms with Crippen molar-refractivity contribution in [1.29, 1.82) is 0 Å². The second-order valence-electron chi connectivity index (χ2n) is 6.08. The van der Waals surface area contributed by atoms with Crippen LogP contribution in [-0.4, -0.2) is 29.6 Å². The van der Waals surface area contributed by atoms with Crippen molar-refractivity contribution in [2.45, 2.75) is 71.1 Å². The van der Waals surface area contributed by atoms with Gasteiger partial charge in [-0.05, 0) is 45.1 Å². The lowest BCUT2D eigenvalue weighted by molar-refractivity contribution is 0.151. The van der Waals surface area contributed by atoms with Gasteiger partial charge in [0.05, 0.1) is 0 Å². The number of hydrogen-bond acceptors (Lipinski definition) is 3. The molecule has 1 atom stereocenters. The van der Waals surface area contributed by atoms with Crippen molar-refractivity contribution in [3.63, 3.8) is 0 Å². The molecule has 1 heterocycles. The summed E-state index contributed by atoms with van der Waals surface area (Å²) in [4.78, 5) is 4.08. The minimum atomic E-state index is 0.600. The Morgan fingerprint density at radius 2 is 2.05 bits per heavy atom. The van der Waals surface area contributed by atoms with Crippen LogP contribution in [0, 0.1) is 0 Å². The molecule has 0 aliphatic heterocycles. The number of rotatable bonds is 7. The van der Waals surface area contributed by atoms with Gasteiger partial charge in [-0.2, -0.15) is 0 Å². The topological polar surface area (TPSA) is 15.3 Å². The zero-order valence-electron chi connectivity index (χ0n) is 12.6. The number of nitrogens with zero attached hydrogens (tertiary/aromatic N) is 1. The fourth-order valence-corrected chi connectivity index (χ4v) is 3.73. The van der Waals surface area contributed by atoms with Crippen molar-refractivity contribution < 1.29 is 0 Å². The molecule has 2 rings (SSSR count). The average Bonchev–Trinajstić information content (AvgIpc) is 3.05. The van der Waals surface area contributed by atoms with Crippen LogP contribution in [0.15, 0.2) is 17.5 Å². The zero-order chi connectivity index (χ0) is 13.7. The summed E-state index contributed by atoms with van der Waals surface area (Å²) >= 11 is 1.87. The molecule has 0 aromatic carbocycles. The van der Waals surface area contributed by atoms with Crippen LogP contribution < -0.4 is 5.32 Å². The molecule has 0 radical (unpaired) electrons. The molecule has 0 bridgehead atoms. The number of thiophene rings is 1. The van der Waals surface area contributed by atoms with E-state index in [1.54, 1.807) is 0 Å². The first-order valence-electron chi connectivity index (χ1n) is 7.68. The molecule has 1 N–H and O–H groups in total. The largest absolute Gasteiger partial charge is 0.312 e. The van der Waals surface area contributed by atoms with Crippen molar-refractivity contribution in [3.05, 3.63) is 22.4 Å². The van der Waals surface area contributed by atoms with Crippen molar-refractivity contribution in [3.8, 4) is 0 Å². The Morgan fingerprint density at radius 3 is 2.63 bits per heavy atom. The fraction of sp³-hybridized carbons (Fsp3) is 0.750. The summed E-state index contributed by atoms with van der Waals surface area (Å²) < 4.78 is 0. The lowest BCUT2D eigenvalue weighted by Crippen LogP contribution is -2.45. The summed E-state index contributed by atoms with van der Waals surface area (Å²) in [7, 11) is 0. The van der Waals surface area contributed by atoms with Gasteiger partial charge in [0.15, 0.2) is 0 Å². The number of nitrogens with one attached hydrogen (secondary N) is 1. The van der Waals surface area contributed by atoms with Crippen LogP contribution in [0.2, 0.25) is 0 Å². The van der Waals surface area contributed by atoms with Crippen LogP contribution in [0.3, 0.4) is 0 Å². The Morgan fingerprint density at radius 1 is 1.32 bits per heavy atom. The summed E-state index contributed by atoms with van der Waals surface area (Å²) in [6.07, 6.45) is 5.57. The average molecular weight is 280 g/mol. The Bertz CT molecular complexity index is 342. The van der Waals surface area contributed by atoms with E-state index in [9.17, 15) is 0 Å². The molecule has 1 aliphatic rings. The zero-order valence-corrected chi connectivity index (χ0v) is 13.4. The molecule has 1 unspecified atom stereocenters. The highest BCUT2D eigenvalue weighted by Crippen LogP contribution is 2.19. The molecule has 1 aromatic heterocycles. The van der Waals surface area contributed by atoms with E-state index in [0.717, 1.165) is 19.1 Å². The first kappa shape index (κ1) is 15.0. The maximum absolute atomic E-state index is 3.76. The summed E-state index contributed by atoms with van der Waals surface area (Å²) in [6.45, 7) is 9.17. The minimum absolute atomic E-state index is 0.600. The van der Waals surface area contributed by atoms with Crippen LogP contribution in [0.1, 0.15) is 51.3 Å². The molecule has 2 nitrogen and oxygen atoms in total. The summed E-state index contributed by atoms with van der Waals surface area (Å²) in [5.41, 5.74) is 0. The third-order valence-corrected chi connectivity index (χ3v) is 5.07. The minimum Gasteiger partial charge on any atom is -0.312 e.